The molecular weight excluding hydrogens is 304 g/mol. The average molecular weight is 332 g/mol. The maximum absolute atomic E-state index is 12.8. The maximum atomic E-state index is 12.8. The van der Waals surface area contributed by atoms with Crippen LogP contribution in [0.2, 0.25) is 0 Å². The molecule has 0 spiro atoms. The van der Waals surface area contributed by atoms with E-state index in [0.717, 1.165) is 48.2 Å². The van der Waals surface area contributed by atoms with E-state index in [0.29, 0.717) is 6.61 Å². The molecule has 1 fully saturated rings. The van der Waals surface area contributed by atoms with Gasteiger partial charge in [0.1, 0.15) is 18.5 Å². The van der Waals surface area contributed by atoms with Gasteiger partial charge in [0.25, 0.3) is 0 Å². The summed E-state index contributed by atoms with van der Waals surface area (Å²) in [5.41, 5.74) is 2.48. The standard InChI is InChI=1S/C20H28O4/c1-10(2)13-16(22)17(23)15-18-14-11(9-24-18)12(21)5-6-19(14,3)7-8-20(13,15)4/h10,12-13,17,21,23H,5-9H2,1-4H3. The number of rotatable bonds is 1. The van der Waals surface area contributed by atoms with Crippen LogP contribution in [0.15, 0.2) is 22.5 Å². The van der Waals surface area contributed by atoms with Crippen LogP contribution in [0.1, 0.15) is 53.4 Å². The molecule has 1 aliphatic heterocycles. The summed E-state index contributed by atoms with van der Waals surface area (Å²) >= 11 is 0. The van der Waals surface area contributed by atoms with Crippen molar-refractivity contribution in [3.8, 4) is 0 Å². The Labute approximate surface area is 143 Å². The second kappa shape index (κ2) is 4.95. The summed E-state index contributed by atoms with van der Waals surface area (Å²) in [5.74, 6) is 0.684. The van der Waals surface area contributed by atoms with Crippen LogP contribution < -0.4 is 0 Å². The minimum absolute atomic E-state index is 0.0228. The summed E-state index contributed by atoms with van der Waals surface area (Å²) in [6, 6.07) is 0. The lowest BCUT2D eigenvalue weighted by molar-refractivity contribution is -0.129. The number of carbonyl (C=O) groups is 1. The molecule has 0 bridgehead atoms. The summed E-state index contributed by atoms with van der Waals surface area (Å²) in [5, 5.41) is 21.2. The first-order valence-electron chi connectivity index (χ1n) is 9.22. The Morgan fingerprint density at radius 1 is 1.17 bits per heavy atom. The van der Waals surface area contributed by atoms with Gasteiger partial charge < -0.3 is 14.9 Å². The van der Waals surface area contributed by atoms with Gasteiger partial charge in [0, 0.05) is 28.1 Å². The van der Waals surface area contributed by atoms with E-state index >= 15 is 0 Å². The lowest BCUT2D eigenvalue weighted by atomic mass is 9.66. The molecule has 5 unspecified atom stereocenters. The Morgan fingerprint density at radius 2 is 1.88 bits per heavy atom. The molecule has 24 heavy (non-hydrogen) atoms. The highest BCUT2D eigenvalue weighted by Gasteiger charge is 2.60. The Kier molecular flexibility index (Phi) is 3.37. The summed E-state index contributed by atoms with van der Waals surface area (Å²) < 4.78 is 6.05. The van der Waals surface area contributed by atoms with E-state index in [1.807, 2.05) is 0 Å². The molecule has 4 nitrogen and oxygen atoms in total. The Morgan fingerprint density at radius 3 is 2.54 bits per heavy atom. The van der Waals surface area contributed by atoms with Gasteiger partial charge in [-0.1, -0.05) is 27.7 Å². The second-order valence-electron chi connectivity index (χ2n) is 8.99. The van der Waals surface area contributed by atoms with E-state index in [1.165, 1.54) is 0 Å². The molecule has 1 saturated carbocycles. The van der Waals surface area contributed by atoms with Crippen molar-refractivity contribution in [1.29, 1.82) is 0 Å². The number of Topliss-reactive ketones (excluding diaryl/α,β-unsaturated/α-hetero) is 1. The van der Waals surface area contributed by atoms with E-state index in [2.05, 4.69) is 27.7 Å². The highest BCUT2D eigenvalue weighted by Crippen LogP contribution is 2.62. The largest absolute Gasteiger partial charge is 0.489 e. The van der Waals surface area contributed by atoms with Gasteiger partial charge in [0.2, 0.25) is 0 Å². The smallest absolute Gasteiger partial charge is 0.169 e. The van der Waals surface area contributed by atoms with Crippen molar-refractivity contribution in [2.75, 3.05) is 6.61 Å². The zero-order chi connectivity index (χ0) is 17.4. The SMILES string of the molecule is CC(C)C1C(=O)C(O)C2=C3OCC4=C3C(C)(CCC4O)CCC21C. The van der Waals surface area contributed by atoms with E-state index in [4.69, 9.17) is 4.74 Å². The summed E-state index contributed by atoms with van der Waals surface area (Å²) in [6.45, 7) is 8.92. The van der Waals surface area contributed by atoms with Crippen molar-refractivity contribution in [3.63, 3.8) is 0 Å². The third-order valence-electron chi connectivity index (χ3n) is 7.15. The van der Waals surface area contributed by atoms with Crippen LogP contribution >= 0.6 is 0 Å². The number of hydrogen-bond donors (Lipinski definition) is 2. The normalized spacial score (nSPS) is 44.6. The lowest BCUT2D eigenvalue weighted by Crippen LogP contribution is -2.33. The first-order valence-corrected chi connectivity index (χ1v) is 9.22. The van der Waals surface area contributed by atoms with Crippen LogP contribution in [0.4, 0.5) is 0 Å². The van der Waals surface area contributed by atoms with Crippen molar-refractivity contribution in [3.05, 3.63) is 22.5 Å². The summed E-state index contributed by atoms with van der Waals surface area (Å²) in [7, 11) is 0. The van der Waals surface area contributed by atoms with Gasteiger partial charge in [-0.25, -0.2) is 0 Å². The van der Waals surface area contributed by atoms with Crippen LogP contribution in [0, 0.1) is 22.7 Å². The topological polar surface area (TPSA) is 66.8 Å². The monoisotopic (exact) mass is 332 g/mol. The number of allylic oxidation sites excluding steroid dienone is 1. The Balaban J connectivity index is 1.97. The van der Waals surface area contributed by atoms with E-state index in [1.54, 1.807) is 0 Å². The van der Waals surface area contributed by atoms with Gasteiger partial charge in [0.05, 0.1) is 6.10 Å². The first-order chi connectivity index (χ1) is 11.2. The zero-order valence-corrected chi connectivity index (χ0v) is 15.1. The van der Waals surface area contributed by atoms with Crippen LogP contribution in [-0.4, -0.2) is 34.8 Å². The first kappa shape index (κ1) is 16.3. The van der Waals surface area contributed by atoms with Gasteiger partial charge in [-0.15, -0.1) is 0 Å². The Hall–Kier alpha value is -1.13. The highest BCUT2D eigenvalue weighted by molar-refractivity contribution is 5.94. The maximum Gasteiger partial charge on any atom is 0.169 e. The highest BCUT2D eigenvalue weighted by atomic mass is 16.5. The number of aliphatic hydroxyl groups is 2. The number of carbonyl (C=O) groups excluding carboxylic acids is 1. The fourth-order valence-electron chi connectivity index (χ4n) is 5.96. The number of aliphatic hydroxyl groups excluding tert-OH is 2. The number of fused-ring (bicyclic) bond motifs is 1. The van der Waals surface area contributed by atoms with Crippen molar-refractivity contribution < 1.29 is 19.7 Å². The summed E-state index contributed by atoms with van der Waals surface area (Å²) in [4.78, 5) is 12.8. The van der Waals surface area contributed by atoms with Crippen LogP contribution in [0.25, 0.3) is 0 Å². The molecule has 4 heteroatoms. The van der Waals surface area contributed by atoms with E-state index in [9.17, 15) is 15.0 Å². The average Bonchev–Trinajstić information content (AvgIpc) is 2.99. The lowest BCUT2D eigenvalue weighted by Gasteiger charge is -2.38. The molecule has 0 aromatic rings. The predicted octanol–water partition coefficient (Wildman–Crippen LogP) is 2.74. The molecular formula is C20H28O4. The number of ether oxygens (including phenoxy) is 1. The summed E-state index contributed by atoms with van der Waals surface area (Å²) in [6.07, 6.45) is 2.03. The molecule has 4 rings (SSSR count). The third-order valence-corrected chi connectivity index (χ3v) is 7.15. The van der Waals surface area contributed by atoms with E-state index < -0.39 is 12.2 Å². The molecule has 132 valence electrons. The fourth-order valence-corrected chi connectivity index (χ4v) is 5.96. The van der Waals surface area contributed by atoms with Gasteiger partial charge in [-0.2, -0.15) is 0 Å². The Bertz CT molecular complexity index is 673. The van der Waals surface area contributed by atoms with Crippen molar-refractivity contribution in [1.82, 2.24) is 0 Å². The van der Waals surface area contributed by atoms with Crippen molar-refractivity contribution in [2.45, 2.75) is 65.6 Å². The van der Waals surface area contributed by atoms with Crippen LogP contribution in [-0.2, 0) is 9.53 Å². The molecule has 0 radical (unpaired) electrons. The number of hydrogen-bond acceptors (Lipinski definition) is 4. The van der Waals surface area contributed by atoms with Gasteiger partial charge in [-0.05, 0) is 37.0 Å². The third kappa shape index (κ3) is 1.84. The van der Waals surface area contributed by atoms with Gasteiger partial charge in [0.15, 0.2) is 5.78 Å². The van der Waals surface area contributed by atoms with E-state index in [-0.39, 0.29) is 28.4 Å². The minimum atomic E-state index is -1.06. The number of ketones is 1. The molecule has 0 saturated heterocycles. The molecule has 0 aromatic carbocycles. The van der Waals surface area contributed by atoms with Crippen molar-refractivity contribution >= 4 is 5.78 Å². The predicted molar refractivity (Wildman–Crippen MR) is 90.0 cm³/mol. The van der Waals surface area contributed by atoms with Crippen LogP contribution in [0.3, 0.4) is 0 Å². The second-order valence-corrected chi connectivity index (χ2v) is 8.99. The molecule has 3 aliphatic carbocycles. The minimum Gasteiger partial charge on any atom is -0.489 e. The molecule has 0 aromatic heterocycles. The molecule has 4 aliphatic rings. The van der Waals surface area contributed by atoms with Crippen LogP contribution in [0.5, 0.6) is 0 Å². The zero-order valence-electron chi connectivity index (χ0n) is 15.1. The van der Waals surface area contributed by atoms with Gasteiger partial charge in [-0.3, -0.25) is 4.79 Å². The molecule has 2 N–H and O–H groups in total. The molecule has 1 heterocycles. The quantitative estimate of drug-likeness (QED) is 0.775. The molecule has 5 atom stereocenters. The van der Waals surface area contributed by atoms with Crippen molar-refractivity contribution in [2.24, 2.45) is 22.7 Å². The fraction of sp³-hybridized carbons (Fsp3) is 0.750. The van der Waals surface area contributed by atoms with Gasteiger partial charge >= 0.3 is 0 Å². The molecule has 0 amide bonds.